The lowest BCUT2D eigenvalue weighted by atomic mass is 10.1. The van der Waals surface area contributed by atoms with Crippen LogP contribution in [-0.4, -0.2) is 17.6 Å². The molecule has 1 saturated heterocycles. The second kappa shape index (κ2) is 8.90. The van der Waals surface area contributed by atoms with Crippen LogP contribution in [0.4, 0.5) is 0 Å². The van der Waals surface area contributed by atoms with E-state index in [0.29, 0.717) is 0 Å². The van der Waals surface area contributed by atoms with Gasteiger partial charge in [-0.3, -0.25) is 0 Å². The Hall–Kier alpha value is -0.110. The molecule has 0 amide bonds. The van der Waals surface area contributed by atoms with E-state index in [4.69, 9.17) is 4.74 Å². The van der Waals surface area contributed by atoms with Gasteiger partial charge in [-0.2, -0.15) is 11.8 Å². The summed E-state index contributed by atoms with van der Waals surface area (Å²) in [6.45, 7) is 0.931. The molecular formula is C16H28OS. The Kier molecular flexibility index (Phi) is 7.07. The minimum atomic E-state index is 0.910. The van der Waals surface area contributed by atoms with Crippen molar-refractivity contribution in [1.29, 1.82) is 0 Å². The van der Waals surface area contributed by atoms with Crippen LogP contribution in [0.2, 0.25) is 0 Å². The lowest BCUT2D eigenvalue weighted by Crippen LogP contribution is -2.07. The highest BCUT2D eigenvalue weighted by molar-refractivity contribution is 7.99. The number of thioether (sulfide) groups is 1. The van der Waals surface area contributed by atoms with Gasteiger partial charge in [0.1, 0.15) is 0 Å². The van der Waals surface area contributed by atoms with Crippen LogP contribution in [-0.2, 0) is 4.74 Å². The largest absolute Gasteiger partial charge is 0.501 e. The van der Waals surface area contributed by atoms with Crippen molar-refractivity contribution in [1.82, 2.24) is 0 Å². The molecule has 2 heteroatoms. The molecule has 0 aromatic rings. The summed E-state index contributed by atoms with van der Waals surface area (Å²) >= 11 is 2.21. The summed E-state index contributed by atoms with van der Waals surface area (Å²) in [6, 6.07) is 0. The van der Waals surface area contributed by atoms with Gasteiger partial charge in [-0.15, -0.1) is 0 Å². The number of hydrogen-bond donors (Lipinski definition) is 0. The molecular weight excluding hydrogens is 240 g/mol. The third-order valence-corrected chi connectivity index (χ3v) is 5.53. The Balaban J connectivity index is 1.52. The van der Waals surface area contributed by atoms with E-state index in [2.05, 4.69) is 18.0 Å². The zero-order valence-corrected chi connectivity index (χ0v) is 12.5. The zero-order valence-electron chi connectivity index (χ0n) is 11.7. The average Bonchev–Trinajstić information content (AvgIpc) is 2.84. The molecule has 0 radical (unpaired) electrons. The van der Waals surface area contributed by atoms with Crippen LogP contribution in [0, 0.1) is 0 Å². The molecule has 2 aliphatic rings. The Labute approximate surface area is 117 Å². The molecule has 104 valence electrons. The first-order chi connectivity index (χ1) is 8.95. The fourth-order valence-electron chi connectivity index (χ4n) is 2.91. The average molecular weight is 268 g/mol. The molecule has 1 aliphatic heterocycles. The van der Waals surface area contributed by atoms with E-state index in [9.17, 15) is 0 Å². The molecule has 1 heterocycles. The van der Waals surface area contributed by atoms with Crippen molar-refractivity contribution in [2.45, 2.75) is 75.9 Å². The maximum Gasteiger partial charge on any atom is 0.0873 e. The Bertz CT molecular complexity index is 233. The molecule has 0 N–H and O–H groups in total. The van der Waals surface area contributed by atoms with Crippen LogP contribution in [0.3, 0.4) is 0 Å². The van der Waals surface area contributed by atoms with Crippen molar-refractivity contribution in [3.8, 4) is 0 Å². The summed E-state index contributed by atoms with van der Waals surface area (Å²) in [5.41, 5.74) is 1.54. The van der Waals surface area contributed by atoms with Crippen LogP contribution in [0.25, 0.3) is 0 Å². The molecule has 0 spiro atoms. The molecule has 0 bridgehead atoms. The Morgan fingerprint density at radius 3 is 2.78 bits per heavy atom. The van der Waals surface area contributed by atoms with Crippen LogP contribution in [0.5, 0.6) is 0 Å². The van der Waals surface area contributed by atoms with Crippen molar-refractivity contribution in [2.75, 3.05) is 12.4 Å². The normalized spacial score (nSPS) is 25.6. The summed E-state index contributed by atoms with van der Waals surface area (Å²) in [5.74, 6) is 1.38. The van der Waals surface area contributed by atoms with Crippen LogP contribution < -0.4 is 0 Å². The third-order valence-electron chi connectivity index (χ3n) is 4.06. The molecule has 2 fully saturated rings. The maximum atomic E-state index is 5.69. The first kappa shape index (κ1) is 14.3. The molecule has 2 rings (SSSR count). The predicted octanol–water partition coefficient (Wildman–Crippen LogP) is 5.31. The quantitative estimate of drug-likeness (QED) is 0.494. The van der Waals surface area contributed by atoms with Crippen LogP contribution >= 0.6 is 11.8 Å². The van der Waals surface area contributed by atoms with Gasteiger partial charge < -0.3 is 4.74 Å². The van der Waals surface area contributed by atoms with Gasteiger partial charge in [0.15, 0.2) is 0 Å². The van der Waals surface area contributed by atoms with Gasteiger partial charge in [0.2, 0.25) is 0 Å². The van der Waals surface area contributed by atoms with E-state index in [0.717, 1.165) is 11.9 Å². The van der Waals surface area contributed by atoms with E-state index in [1.54, 1.807) is 0 Å². The zero-order chi connectivity index (χ0) is 12.5. The lowest BCUT2D eigenvalue weighted by molar-refractivity contribution is 0.237. The molecule has 1 nitrogen and oxygen atoms in total. The van der Waals surface area contributed by atoms with E-state index < -0.39 is 0 Å². The van der Waals surface area contributed by atoms with E-state index >= 15 is 0 Å². The van der Waals surface area contributed by atoms with Gasteiger partial charge in [0.25, 0.3) is 0 Å². The van der Waals surface area contributed by atoms with Gasteiger partial charge in [-0.1, -0.05) is 19.3 Å². The molecule has 1 atom stereocenters. The van der Waals surface area contributed by atoms with Crippen molar-refractivity contribution in [3.05, 3.63) is 11.8 Å². The molecule has 1 unspecified atom stereocenters. The smallest absolute Gasteiger partial charge is 0.0873 e. The summed E-state index contributed by atoms with van der Waals surface area (Å²) < 4.78 is 5.69. The van der Waals surface area contributed by atoms with E-state index in [1.807, 2.05) is 0 Å². The number of ether oxygens (including phenoxy) is 1. The van der Waals surface area contributed by atoms with E-state index in [-0.39, 0.29) is 0 Å². The third kappa shape index (κ3) is 5.69. The summed E-state index contributed by atoms with van der Waals surface area (Å²) in [6.07, 6.45) is 17.2. The number of hydrogen-bond acceptors (Lipinski definition) is 2. The first-order valence-corrected chi connectivity index (χ1v) is 8.91. The second-order valence-corrected chi connectivity index (χ2v) is 7.10. The number of allylic oxidation sites excluding steroid dienone is 1. The predicted molar refractivity (Wildman–Crippen MR) is 81.1 cm³/mol. The van der Waals surface area contributed by atoms with Gasteiger partial charge in [-0.05, 0) is 62.7 Å². The van der Waals surface area contributed by atoms with Crippen molar-refractivity contribution < 1.29 is 4.74 Å². The Morgan fingerprint density at radius 1 is 1.06 bits per heavy atom. The van der Waals surface area contributed by atoms with E-state index in [1.165, 1.54) is 82.0 Å². The molecule has 1 aliphatic carbocycles. The van der Waals surface area contributed by atoms with Gasteiger partial charge in [-0.25, -0.2) is 0 Å². The van der Waals surface area contributed by atoms with Crippen molar-refractivity contribution in [2.24, 2.45) is 0 Å². The highest BCUT2D eigenvalue weighted by Crippen LogP contribution is 2.27. The summed E-state index contributed by atoms with van der Waals surface area (Å²) in [4.78, 5) is 0. The molecule has 18 heavy (non-hydrogen) atoms. The fraction of sp³-hybridized carbons (Fsp3) is 0.875. The fourth-order valence-corrected chi connectivity index (χ4v) is 4.28. The number of rotatable bonds is 5. The highest BCUT2D eigenvalue weighted by atomic mass is 32.2. The minimum Gasteiger partial charge on any atom is -0.501 e. The maximum absolute atomic E-state index is 5.69. The van der Waals surface area contributed by atoms with Crippen LogP contribution in [0.15, 0.2) is 11.8 Å². The highest BCUT2D eigenvalue weighted by Gasteiger charge is 2.11. The SMILES string of the molecule is C(OCCCC1CCCCCCS1)=C1CCCC1. The summed E-state index contributed by atoms with van der Waals surface area (Å²) in [5, 5.41) is 0.910. The second-order valence-electron chi connectivity index (χ2n) is 5.69. The lowest BCUT2D eigenvalue weighted by Gasteiger charge is -2.19. The van der Waals surface area contributed by atoms with Gasteiger partial charge >= 0.3 is 0 Å². The van der Waals surface area contributed by atoms with Gasteiger partial charge in [0, 0.05) is 5.25 Å². The van der Waals surface area contributed by atoms with Crippen molar-refractivity contribution in [3.63, 3.8) is 0 Å². The first-order valence-electron chi connectivity index (χ1n) is 7.86. The standard InChI is InChI=1S/C16H28OS/c1-2-6-13-18-16(10-3-1)11-7-12-17-14-15-8-4-5-9-15/h14,16H,1-13H2. The monoisotopic (exact) mass is 268 g/mol. The summed E-state index contributed by atoms with van der Waals surface area (Å²) in [7, 11) is 0. The van der Waals surface area contributed by atoms with Crippen LogP contribution in [0.1, 0.15) is 70.6 Å². The Morgan fingerprint density at radius 2 is 1.89 bits per heavy atom. The van der Waals surface area contributed by atoms with Gasteiger partial charge in [0.05, 0.1) is 12.9 Å². The molecule has 0 aromatic carbocycles. The minimum absolute atomic E-state index is 0.910. The topological polar surface area (TPSA) is 9.23 Å². The molecule has 0 aromatic heterocycles. The molecule has 1 saturated carbocycles. The van der Waals surface area contributed by atoms with Crippen molar-refractivity contribution >= 4 is 11.8 Å².